The number of benzene rings is 1. The SMILES string of the molecule is CCON=Cc1c(Cl)ccc(C(=O)c2c[nH]n(CC)c2=O)c1Cl. The smallest absolute Gasteiger partial charge is 0.277 e. The summed E-state index contributed by atoms with van der Waals surface area (Å²) in [7, 11) is 0. The van der Waals surface area contributed by atoms with Gasteiger partial charge in [-0.05, 0) is 26.0 Å². The van der Waals surface area contributed by atoms with Crippen LogP contribution in [-0.2, 0) is 11.4 Å². The van der Waals surface area contributed by atoms with Crippen molar-refractivity contribution in [1.82, 2.24) is 9.78 Å². The largest absolute Gasteiger partial charge is 0.396 e. The van der Waals surface area contributed by atoms with Gasteiger partial charge in [0.05, 0.1) is 16.3 Å². The van der Waals surface area contributed by atoms with Gasteiger partial charge in [-0.15, -0.1) is 0 Å². The van der Waals surface area contributed by atoms with E-state index in [0.717, 1.165) is 0 Å². The van der Waals surface area contributed by atoms with Crippen LogP contribution in [0.15, 0.2) is 28.3 Å². The van der Waals surface area contributed by atoms with E-state index in [1.54, 1.807) is 13.8 Å². The van der Waals surface area contributed by atoms with Crippen LogP contribution < -0.4 is 5.56 Å². The van der Waals surface area contributed by atoms with Gasteiger partial charge in [0.1, 0.15) is 12.2 Å². The molecule has 2 aromatic rings. The zero-order valence-corrected chi connectivity index (χ0v) is 14.1. The molecule has 0 fully saturated rings. The molecule has 0 bridgehead atoms. The molecule has 0 spiro atoms. The first kappa shape index (κ1) is 17.3. The highest BCUT2D eigenvalue weighted by molar-refractivity contribution is 6.41. The number of carbonyl (C=O) groups is 1. The van der Waals surface area contributed by atoms with E-state index in [2.05, 4.69) is 10.3 Å². The van der Waals surface area contributed by atoms with Gasteiger partial charge < -0.3 is 9.94 Å². The van der Waals surface area contributed by atoms with Crippen LogP contribution in [0.1, 0.15) is 35.3 Å². The first-order valence-corrected chi connectivity index (χ1v) is 7.73. The van der Waals surface area contributed by atoms with Gasteiger partial charge in [0, 0.05) is 23.9 Å². The van der Waals surface area contributed by atoms with Crippen molar-refractivity contribution in [2.75, 3.05) is 6.61 Å². The van der Waals surface area contributed by atoms with Crippen molar-refractivity contribution in [1.29, 1.82) is 0 Å². The molecule has 6 nitrogen and oxygen atoms in total. The van der Waals surface area contributed by atoms with Crippen LogP contribution >= 0.6 is 23.2 Å². The molecule has 1 heterocycles. The fraction of sp³-hybridized carbons (Fsp3) is 0.267. The van der Waals surface area contributed by atoms with E-state index in [9.17, 15) is 9.59 Å². The van der Waals surface area contributed by atoms with Gasteiger partial charge in [-0.1, -0.05) is 28.4 Å². The second kappa shape index (κ2) is 7.48. The lowest BCUT2D eigenvalue weighted by atomic mass is 10.0. The Morgan fingerprint density at radius 2 is 2.09 bits per heavy atom. The van der Waals surface area contributed by atoms with Crippen molar-refractivity contribution in [3.8, 4) is 0 Å². The van der Waals surface area contributed by atoms with Gasteiger partial charge in [0.15, 0.2) is 0 Å². The Bertz CT molecular complexity index is 809. The number of nitrogens with one attached hydrogen (secondary N) is 1. The summed E-state index contributed by atoms with van der Waals surface area (Å²) in [6.07, 6.45) is 2.71. The molecule has 1 aromatic carbocycles. The molecular formula is C15H15Cl2N3O3. The van der Waals surface area contributed by atoms with E-state index >= 15 is 0 Å². The molecule has 0 atom stereocenters. The van der Waals surface area contributed by atoms with Crippen LogP contribution in [0.3, 0.4) is 0 Å². The lowest BCUT2D eigenvalue weighted by molar-refractivity contribution is 0.103. The fourth-order valence-corrected chi connectivity index (χ4v) is 2.53. The summed E-state index contributed by atoms with van der Waals surface area (Å²) in [6.45, 7) is 4.41. The summed E-state index contributed by atoms with van der Waals surface area (Å²) in [5, 5.41) is 6.89. The van der Waals surface area contributed by atoms with Crippen LogP contribution in [0.25, 0.3) is 0 Å². The number of rotatable bonds is 6. The second-order valence-electron chi connectivity index (χ2n) is 4.54. The summed E-state index contributed by atoms with van der Waals surface area (Å²) in [5.41, 5.74) is 0.157. The number of H-pyrrole nitrogens is 1. The zero-order valence-electron chi connectivity index (χ0n) is 12.6. The van der Waals surface area contributed by atoms with Crippen molar-refractivity contribution >= 4 is 35.2 Å². The minimum Gasteiger partial charge on any atom is -0.396 e. The van der Waals surface area contributed by atoms with Gasteiger partial charge >= 0.3 is 0 Å². The number of aryl methyl sites for hydroxylation is 1. The average molecular weight is 356 g/mol. The van der Waals surface area contributed by atoms with Gasteiger partial charge in [0.25, 0.3) is 5.56 Å². The first-order valence-electron chi connectivity index (χ1n) is 6.97. The number of aromatic amines is 1. The van der Waals surface area contributed by atoms with Crippen LogP contribution in [0, 0.1) is 0 Å². The van der Waals surface area contributed by atoms with Crippen molar-refractivity contribution in [2.45, 2.75) is 20.4 Å². The standard InChI is InChI=1S/C15H15Cl2N3O3/c1-3-20-15(22)11(7-18-20)14(21)9-5-6-12(16)10(13(9)17)8-19-23-4-2/h5-8,18H,3-4H2,1-2H3. The van der Waals surface area contributed by atoms with Crippen molar-refractivity contribution in [3.63, 3.8) is 0 Å². The minimum atomic E-state index is -0.480. The van der Waals surface area contributed by atoms with E-state index < -0.39 is 11.3 Å². The average Bonchev–Trinajstić information content (AvgIpc) is 2.91. The predicted octanol–water partition coefficient (Wildman–Crippen LogP) is 3.10. The molecule has 8 heteroatoms. The summed E-state index contributed by atoms with van der Waals surface area (Å²) in [4.78, 5) is 29.5. The molecule has 0 saturated carbocycles. The summed E-state index contributed by atoms with van der Waals surface area (Å²) in [6, 6.07) is 3.01. The summed E-state index contributed by atoms with van der Waals surface area (Å²) < 4.78 is 1.33. The monoisotopic (exact) mass is 355 g/mol. The van der Waals surface area contributed by atoms with E-state index in [-0.39, 0.29) is 16.1 Å². The molecule has 0 radical (unpaired) electrons. The van der Waals surface area contributed by atoms with Crippen LogP contribution in [0.4, 0.5) is 0 Å². The van der Waals surface area contributed by atoms with E-state index in [4.69, 9.17) is 28.0 Å². The molecular weight excluding hydrogens is 341 g/mol. The molecule has 2 rings (SSSR count). The maximum absolute atomic E-state index is 12.6. The van der Waals surface area contributed by atoms with E-state index in [0.29, 0.717) is 23.7 Å². The van der Waals surface area contributed by atoms with Crippen molar-refractivity contribution in [3.05, 3.63) is 55.4 Å². The molecule has 0 aliphatic carbocycles. The number of halogens is 2. The summed E-state index contributed by atoms with van der Waals surface area (Å²) >= 11 is 12.3. The number of ketones is 1. The number of carbonyl (C=O) groups excluding carboxylic acids is 1. The molecule has 0 amide bonds. The Hall–Kier alpha value is -2.05. The van der Waals surface area contributed by atoms with Crippen LogP contribution in [0.5, 0.6) is 0 Å². The van der Waals surface area contributed by atoms with Gasteiger partial charge in [-0.2, -0.15) is 0 Å². The quantitative estimate of drug-likeness (QED) is 0.491. The molecule has 1 N–H and O–H groups in total. The number of oxime groups is 1. The summed E-state index contributed by atoms with van der Waals surface area (Å²) in [5.74, 6) is -0.480. The molecule has 23 heavy (non-hydrogen) atoms. The van der Waals surface area contributed by atoms with E-state index in [1.807, 2.05) is 0 Å². The van der Waals surface area contributed by atoms with Gasteiger partial charge in [-0.25, -0.2) is 0 Å². The predicted molar refractivity (Wildman–Crippen MR) is 89.8 cm³/mol. The Morgan fingerprint density at radius 1 is 1.35 bits per heavy atom. The number of hydrogen-bond donors (Lipinski definition) is 1. The Balaban J connectivity index is 2.47. The Labute approximate surface area is 142 Å². The highest BCUT2D eigenvalue weighted by atomic mass is 35.5. The maximum Gasteiger partial charge on any atom is 0.277 e. The molecule has 0 unspecified atom stereocenters. The minimum absolute atomic E-state index is 0.0174. The number of hydrogen-bond acceptors (Lipinski definition) is 4. The van der Waals surface area contributed by atoms with E-state index in [1.165, 1.54) is 29.2 Å². The molecule has 0 aliphatic rings. The molecule has 1 aromatic heterocycles. The van der Waals surface area contributed by atoms with Crippen molar-refractivity contribution in [2.24, 2.45) is 5.16 Å². The van der Waals surface area contributed by atoms with Gasteiger partial charge in [-0.3, -0.25) is 14.3 Å². The highest BCUT2D eigenvalue weighted by Gasteiger charge is 2.21. The third-order valence-electron chi connectivity index (χ3n) is 3.16. The molecule has 0 saturated heterocycles. The Kier molecular flexibility index (Phi) is 5.63. The van der Waals surface area contributed by atoms with Gasteiger partial charge in [0.2, 0.25) is 5.78 Å². The third-order valence-corrected chi connectivity index (χ3v) is 3.89. The third kappa shape index (κ3) is 3.48. The number of nitrogens with zero attached hydrogens (tertiary/aromatic N) is 2. The fourth-order valence-electron chi connectivity index (χ4n) is 1.98. The topological polar surface area (TPSA) is 76.4 Å². The normalized spacial score (nSPS) is 11.1. The zero-order chi connectivity index (χ0) is 17.0. The molecule has 0 aliphatic heterocycles. The first-order chi connectivity index (χ1) is 11.0. The second-order valence-corrected chi connectivity index (χ2v) is 5.33. The molecule has 122 valence electrons. The number of aromatic nitrogens is 2. The van der Waals surface area contributed by atoms with Crippen LogP contribution in [0.2, 0.25) is 10.0 Å². The van der Waals surface area contributed by atoms with Crippen molar-refractivity contribution < 1.29 is 9.63 Å². The van der Waals surface area contributed by atoms with Crippen LogP contribution in [-0.4, -0.2) is 28.4 Å². The Morgan fingerprint density at radius 3 is 2.70 bits per heavy atom. The lowest BCUT2D eigenvalue weighted by Crippen LogP contribution is -2.21. The maximum atomic E-state index is 12.6. The lowest BCUT2D eigenvalue weighted by Gasteiger charge is -2.06. The highest BCUT2D eigenvalue weighted by Crippen LogP contribution is 2.28.